The SMILES string of the molecule is c1oc(CC2CCCNC2)nc1C1CCNC1. The second-order valence-corrected chi connectivity index (χ2v) is 5.27. The molecule has 1 aromatic rings. The highest BCUT2D eigenvalue weighted by Crippen LogP contribution is 2.23. The molecule has 2 aliphatic rings. The Labute approximate surface area is 102 Å². The third kappa shape index (κ3) is 2.69. The maximum atomic E-state index is 5.61. The van der Waals surface area contributed by atoms with Gasteiger partial charge >= 0.3 is 0 Å². The molecule has 2 atom stereocenters. The second-order valence-electron chi connectivity index (χ2n) is 5.27. The molecular weight excluding hydrogens is 214 g/mol. The van der Waals surface area contributed by atoms with Crippen molar-refractivity contribution in [3.8, 4) is 0 Å². The molecule has 2 fully saturated rings. The van der Waals surface area contributed by atoms with Crippen LogP contribution in [0.2, 0.25) is 0 Å². The van der Waals surface area contributed by atoms with Crippen LogP contribution in [0, 0.1) is 5.92 Å². The molecule has 0 saturated carbocycles. The zero-order valence-corrected chi connectivity index (χ0v) is 10.2. The van der Waals surface area contributed by atoms with Gasteiger partial charge in [-0.25, -0.2) is 4.98 Å². The van der Waals surface area contributed by atoms with Crippen LogP contribution < -0.4 is 10.6 Å². The Hall–Kier alpha value is -0.870. The van der Waals surface area contributed by atoms with E-state index in [0.29, 0.717) is 11.8 Å². The molecule has 94 valence electrons. The van der Waals surface area contributed by atoms with E-state index < -0.39 is 0 Å². The summed E-state index contributed by atoms with van der Waals surface area (Å²) in [4.78, 5) is 4.65. The van der Waals surface area contributed by atoms with Gasteiger partial charge in [-0.3, -0.25) is 0 Å². The van der Waals surface area contributed by atoms with E-state index >= 15 is 0 Å². The Morgan fingerprint density at radius 3 is 2.94 bits per heavy atom. The molecule has 0 amide bonds. The van der Waals surface area contributed by atoms with Crippen LogP contribution in [-0.4, -0.2) is 31.2 Å². The molecule has 0 spiro atoms. The van der Waals surface area contributed by atoms with Crippen LogP contribution in [0.5, 0.6) is 0 Å². The third-order valence-electron chi connectivity index (χ3n) is 3.91. The van der Waals surface area contributed by atoms with Gasteiger partial charge in [0, 0.05) is 18.9 Å². The van der Waals surface area contributed by atoms with E-state index in [9.17, 15) is 0 Å². The quantitative estimate of drug-likeness (QED) is 0.829. The van der Waals surface area contributed by atoms with Crippen molar-refractivity contribution in [2.45, 2.75) is 31.6 Å². The highest BCUT2D eigenvalue weighted by molar-refractivity contribution is 5.07. The Bertz CT molecular complexity index is 351. The van der Waals surface area contributed by atoms with E-state index in [1.807, 2.05) is 6.26 Å². The van der Waals surface area contributed by atoms with Crippen molar-refractivity contribution < 1.29 is 4.42 Å². The summed E-state index contributed by atoms with van der Waals surface area (Å²) in [6, 6.07) is 0. The molecule has 1 aromatic heterocycles. The zero-order valence-electron chi connectivity index (χ0n) is 10.2. The van der Waals surface area contributed by atoms with Crippen molar-refractivity contribution in [2.75, 3.05) is 26.2 Å². The number of hydrogen-bond donors (Lipinski definition) is 2. The lowest BCUT2D eigenvalue weighted by Crippen LogP contribution is -2.30. The molecule has 0 radical (unpaired) electrons. The van der Waals surface area contributed by atoms with Gasteiger partial charge in [0.1, 0.15) is 6.26 Å². The van der Waals surface area contributed by atoms with Crippen molar-refractivity contribution in [3.63, 3.8) is 0 Å². The minimum absolute atomic E-state index is 0.567. The first-order valence-corrected chi connectivity index (χ1v) is 6.77. The van der Waals surface area contributed by atoms with Crippen LogP contribution in [0.3, 0.4) is 0 Å². The van der Waals surface area contributed by atoms with Gasteiger partial charge in [0.2, 0.25) is 0 Å². The number of rotatable bonds is 3. The maximum absolute atomic E-state index is 5.61. The topological polar surface area (TPSA) is 50.1 Å². The van der Waals surface area contributed by atoms with Gasteiger partial charge in [0.05, 0.1) is 5.69 Å². The number of hydrogen-bond acceptors (Lipinski definition) is 4. The summed E-state index contributed by atoms with van der Waals surface area (Å²) in [6.07, 6.45) is 6.63. The number of oxazole rings is 1. The summed E-state index contributed by atoms with van der Waals surface area (Å²) in [5.41, 5.74) is 1.15. The molecule has 0 aliphatic carbocycles. The molecule has 0 aromatic carbocycles. The van der Waals surface area contributed by atoms with Crippen LogP contribution in [0.4, 0.5) is 0 Å². The van der Waals surface area contributed by atoms with Crippen molar-refractivity contribution >= 4 is 0 Å². The first-order valence-electron chi connectivity index (χ1n) is 6.77. The monoisotopic (exact) mass is 235 g/mol. The largest absolute Gasteiger partial charge is 0.449 e. The summed E-state index contributed by atoms with van der Waals surface area (Å²) < 4.78 is 5.61. The number of nitrogens with zero attached hydrogens (tertiary/aromatic N) is 1. The van der Waals surface area contributed by atoms with Crippen LogP contribution in [0.15, 0.2) is 10.7 Å². The summed E-state index contributed by atoms with van der Waals surface area (Å²) >= 11 is 0. The molecule has 2 saturated heterocycles. The Kier molecular flexibility index (Phi) is 3.43. The van der Waals surface area contributed by atoms with Crippen LogP contribution >= 0.6 is 0 Å². The summed E-state index contributed by atoms with van der Waals surface area (Å²) in [6.45, 7) is 4.44. The fourth-order valence-electron chi connectivity index (χ4n) is 2.86. The Morgan fingerprint density at radius 1 is 1.24 bits per heavy atom. The average molecular weight is 235 g/mol. The zero-order chi connectivity index (χ0) is 11.5. The lowest BCUT2D eigenvalue weighted by Gasteiger charge is -2.21. The summed E-state index contributed by atoms with van der Waals surface area (Å²) in [5.74, 6) is 2.20. The predicted octanol–water partition coefficient (Wildman–Crippen LogP) is 1.29. The Balaban J connectivity index is 1.59. The first kappa shape index (κ1) is 11.2. The van der Waals surface area contributed by atoms with Crippen molar-refractivity contribution in [2.24, 2.45) is 5.92 Å². The molecule has 3 rings (SSSR count). The molecule has 3 heterocycles. The highest BCUT2D eigenvalue weighted by atomic mass is 16.3. The van der Waals surface area contributed by atoms with Crippen molar-refractivity contribution in [3.05, 3.63) is 17.8 Å². The lowest BCUT2D eigenvalue weighted by molar-refractivity contribution is 0.345. The second kappa shape index (κ2) is 5.19. The van der Waals surface area contributed by atoms with Gasteiger partial charge in [-0.1, -0.05) is 0 Å². The number of piperidine rings is 1. The van der Waals surface area contributed by atoms with Crippen molar-refractivity contribution in [1.82, 2.24) is 15.6 Å². The fourth-order valence-corrected chi connectivity index (χ4v) is 2.86. The standard InChI is InChI=1S/C13H21N3O/c1-2-10(7-14-4-1)6-13-16-12(9-17-13)11-3-5-15-8-11/h9-11,14-15H,1-8H2. The van der Waals surface area contributed by atoms with E-state index in [2.05, 4.69) is 15.6 Å². The van der Waals surface area contributed by atoms with Gasteiger partial charge in [-0.05, 0) is 44.8 Å². The molecule has 4 heteroatoms. The van der Waals surface area contributed by atoms with E-state index in [1.165, 1.54) is 25.8 Å². The van der Waals surface area contributed by atoms with Gasteiger partial charge in [-0.2, -0.15) is 0 Å². The Morgan fingerprint density at radius 2 is 2.18 bits per heavy atom. The highest BCUT2D eigenvalue weighted by Gasteiger charge is 2.21. The first-order chi connectivity index (χ1) is 8.42. The average Bonchev–Trinajstić information content (AvgIpc) is 3.00. The number of nitrogens with one attached hydrogen (secondary N) is 2. The fraction of sp³-hybridized carbons (Fsp3) is 0.769. The van der Waals surface area contributed by atoms with E-state index in [1.54, 1.807) is 0 Å². The molecule has 2 N–H and O–H groups in total. The van der Waals surface area contributed by atoms with Gasteiger partial charge in [-0.15, -0.1) is 0 Å². The van der Waals surface area contributed by atoms with E-state index in [-0.39, 0.29) is 0 Å². The minimum Gasteiger partial charge on any atom is -0.449 e. The van der Waals surface area contributed by atoms with Crippen molar-refractivity contribution in [1.29, 1.82) is 0 Å². The van der Waals surface area contributed by atoms with Crippen LogP contribution in [0.25, 0.3) is 0 Å². The molecule has 17 heavy (non-hydrogen) atoms. The van der Waals surface area contributed by atoms with Gasteiger partial charge < -0.3 is 15.1 Å². The molecular formula is C13H21N3O. The van der Waals surface area contributed by atoms with Crippen LogP contribution in [0.1, 0.15) is 36.8 Å². The van der Waals surface area contributed by atoms with E-state index in [0.717, 1.165) is 37.6 Å². The molecule has 0 bridgehead atoms. The smallest absolute Gasteiger partial charge is 0.194 e. The van der Waals surface area contributed by atoms with Gasteiger partial charge in [0.15, 0.2) is 5.89 Å². The number of aromatic nitrogens is 1. The van der Waals surface area contributed by atoms with Gasteiger partial charge in [0.25, 0.3) is 0 Å². The minimum atomic E-state index is 0.567. The van der Waals surface area contributed by atoms with Crippen LogP contribution in [-0.2, 0) is 6.42 Å². The molecule has 2 unspecified atom stereocenters. The summed E-state index contributed by atoms with van der Waals surface area (Å²) in [5, 5.41) is 6.81. The normalized spacial score (nSPS) is 29.6. The molecule has 4 nitrogen and oxygen atoms in total. The molecule has 2 aliphatic heterocycles. The predicted molar refractivity (Wildman–Crippen MR) is 66.0 cm³/mol. The lowest BCUT2D eigenvalue weighted by atomic mass is 9.96. The summed E-state index contributed by atoms with van der Waals surface area (Å²) in [7, 11) is 0. The third-order valence-corrected chi connectivity index (χ3v) is 3.91. The van der Waals surface area contributed by atoms with E-state index in [4.69, 9.17) is 4.42 Å². The maximum Gasteiger partial charge on any atom is 0.194 e.